The number of aromatic nitrogens is 3. The highest BCUT2D eigenvalue weighted by Crippen LogP contribution is 2.21. The molecule has 0 aromatic carbocycles. The van der Waals surface area contributed by atoms with Crippen LogP contribution in [0.3, 0.4) is 0 Å². The van der Waals surface area contributed by atoms with Gasteiger partial charge in [-0.05, 0) is 19.3 Å². The molecule has 0 unspecified atom stereocenters. The largest absolute Gasteiger partial charge is 0.381 e. The summed E-state index contributed by atoms with van der Waals surface area (Å²) in [6, 6.07) is 0. The molecule has 0 spiro atoms. The molecule has 0 saturated heterocycles. The van der Waals surface area contributed by atoms with Crippen LogP contribution < -0.4 is 5.73 Å². The minimum atomic E-state index is 0.462. The molecule has 0 radical (unpaired) electrons. The van der Waals surface area contributed by atoms with Crippen LogP contribution in [-0.2, 0) is 11.3 Å². The second-order valence-corrected chi connectivity index (χ2v) is 3.29. The summed E-state index contributed by atoms with van der Waals surface area (Å²) < 4.78 is 5.55. The minimum Gasteiger partial charge on any atom is -0.381 e. The van der Waals surface area contributed by atoms with Crippen LogP contribution in [0, 0.1) is 0 Å². The summed E-state index contributed by atoms with van der Waals surface area (Å²) in [4.78, 5) is 1.56. The second kappa shape index (κ2) is 3.74. The Balaban J connectivity index is 1.67. The Morgan fingerprint density at radius 1 is 1.62 bits per heavy atom. The van der Waals surface area contributed by atoms with Crippen LogP contribution in [0.2, 0.25) is 0 Å². The van der Waals surface area contributed by atoms with Crippen molar-refractivity contribution in [1.29, 1.82) is 0 Å². The number of nitrogen functional groups attached to an aromatic ring is 1. The molecule has 72 valence electrons. The van der Waals surface area contributed by atoms with Crippen molar-refractivity contribution in [2.75, 3.05) is 12.3 Å². The highest BCUT2D eigenvalue weighted by Gasteiger charge is 2.17. The van der Waals surface area contributed by atoms with Crippen molar-refractivity contribution in [2.24, 2.45) is 0 Å². The van der Waals surface area contributed by atoms with Crippen molar-refractivity contribution in [3.8, 4) is 0 Å². The Morgan fingerprint density at radius 2 is 2.46 bits per heavy atom. The number of ether oxygens (including phenoxy) is 1. The lowest BCUT2D eigenvalue weighted by Crippen LogP contribution is -2.23. The molecule has 1 aliphatic carbocycles. The van der Waals surface area contributed by atoms with E-state index in [1.54, 1.807) is 11.0 Å². The quantitative estimate of drug-likeness (QED) is 0.733. The Morgan fingerprint density at radius 3 is 3.00 bits per heavy atom. The third-order valence-electron chi connectivity index (χ3n) is 2.25. The summed E-state index contributed by atoms with van der Waals surface area (Å²) >= 11 is 0. The third kappa shape index (κ3) is 2.18. The van der Waals surface area contributed by atoms with Crippen LogP contribution in [0.15, 0.2) is 6.20 Å². The number of hydrogen-bond acceptors (Lipinski definition) is 4. The van der Waals surface area contributed by atoms with E-state index in [2.05, 4.69) is 10.2 Å². The lowest BCUT2D eigenvalue weighted by atomic mass is 9.96. The highest BCUT2D eigenvalue weighted by atomic mass is 16.5. The molecule has 1 heterocycles. The van der Waals surface area contributed by atoms with Gasteiger partial charge >= 0.3 is 0 Å². The topological polar surface area (TPSA) is 66.0 Å². The van der Waals surface area contributed by atoms with E-state index in [0.29, 0.717) is 25.1 Å². The summed E-state index contributed by atoms with van der Waals surface area (Å²) in [5.41, 5.74) is 5.41. The predicted molar refractivity (Wildman–Crippen MR) is 48.0 cm³/mol. The van der Waals surface area contributed by atoms with Crippen molar-refractivity contribution in [3.63, 3.8) is 0 Å². The molecular formula is C8H14N4O. The summed E-state index contributed by atoms with van der Waals surface area (Å²) in [6.45, 7) is 1.37. The van der Waals surface area contributed by atoms with Crippen LogP contribution in [0.5, 0.6) is 0 Å². The fraction of sp³-hybridized carbons (Fsp3) is 0.750. The molecule has 1 aromatic rings. The van der Waals surface area contributed by atoms with Gasteiger partial charge in [-0.15, -0.1) is 5.10 Å². The highest BCUT2D eigenvalue weighted by molar-refractivity contribution is 5.19. The van der Waals surface area contributed by atoms with Crippen LogP contribution >= 0.6 is 0 Å². The molecule has 2 N–H and O–H groups in total. The Bertz CT molecular complexity index is 269. The SMILES string of the molecule is Nc1cnn(CCOC2CCC2)n1. The van der Waals surface area contributed by atoms with Crippen LogP contribution in [0.4, 0.5) is 5.82 Å². The zero-order valence-corrected chi connectivity index (χ0v) is 7.52. The van der Waals surface area contributed by atoms with Gasteiger partial charge in [0.15, 0.2) is 5.82 Å². The van der Waals surface area contributed by atoms with E-state index in [9.17, 15) is 0 Å². The molecule has 0 amide bonds. The van der Waals surface area contributed by atoms with Gasteiger partial charge in [0.1, 0.15) is 0 Å². The van der Waals surface area contributed by atoms with Gasteiger partial charge in [-0.25, -0.2) is 0 Å². The smallest absolute Gasteiger partial charge is 0.165 e. The van der Waals surface area contributed by atoms with Gasteiger partial charge in [0.05, 0.1) is 25.5 Å². The molecule has 1 saturated carbocycles. The maximum absolute atomic E-state index is 5.55. The van der Waals surface area contributed by atoms with E-state index >= 15 is 0 Å². The van der Waals surface area contributed by atoms with Crippen molar-refractivity contribution in [1.82, 2.24) is 15.0 Å². The molecule has 0 aliphatic heterocycles. The van der Waals surface area contributed by atoms with Crippen molar-refractivity contribution in [3.05, 3.63) is 6.20 Å². The van der Waals surface area contributed by atoms with E-state index in [1.807, 2.05) is 0 Å². The fourth-order valence-corrected chi connectivity index (χ4v) is 1.26. The predicted octanol–water partition coefficient (Wildman–Crippen LogP) is 0.429. The number of rotatable bonds is 4. The van der Waals surface area contributed by atoms with Gasteiger partial charge in [-0.2, -0.15) is 9.90 Å². The van der Waals surface area contributed by atoms with Gasteiger partial charge in [-0.3, -0.25) is 0 Å². The Kier molecular flexibility index (Phi) is 2.44. The summed E-state index contributed by atoms with van der Waals surface area (Å²) in [7, 11) is 0. The molecule has 1 aliphatic rings. The molecule has 0 atom stereocenters. The van der Waals surface area contributed by atoms with E-state index in [-0.39, 0.29) is 0 Å². The molecule has 1 aromatic heterocycles. The first-order valence-electron chi connectivity index (χ1n) is 4.62. The zero-order valence-electron chi connectivity index (χ0n) is 7.52. The molecule has 13 heavy (non-hydrogen) atoms. The van der Waals surface area contributed by atoms with Gasteiger partial charge in [0, 0.05) is 0 Å². The summed E-state index contributed by atoms with van der Waals surface area (Å²) in [6.07, 6.45) is 5.73. The van der Waals surface area contributed by atoms with Crippen molar-refractivity contribution < 1.29 is 4.74 Å². The van der Waals surface area contributed by atoms with E-state index in [4.69, 9.17) is 10.5 Å². The lowest BCUT2D eigenvalue weighted by Gasteiger charge is -2.25. The summed E-state index contributed by atoms with van der Waals surface area (Å²) in [5, 5.41) is 7.91. The molecule has 5 nitrogen and oxygen atoms in total. The van der Waals surface area contributed by atoms with Gasteiger partial charge in [0.25, 0.3) is 0 Å². The van der Waals surface area contributed by atoms with Gasteiger partial charge in [0.2, 0.25) is 0 Å². The fourth-order valence-electron chi connectivity index (χ4n) is 1.26. The number of anilines is 1. The first kappa shape index (κ1) is 8.50. The Labute approximate surface area is 76.9 Å². The van der Waals surface area contributed by atoms with Crippen LogP contribution in [0.25, 0.3) is 0 Å². The molecule has 2 rings (SSSR count). The van der Waals surface area contributed by atoms with Gasteiger partial charge < -0.3 is 10.5 Å². The van der Waals surface area contributed by atoms with Crippen molar-refractivity contribution in [2.45, 2.75) is 31.9 Å². The summed E-state index contributed by atoms with van der Waals surface area (Å²) in [5.74, 6) is 0.462. The first-order chi connectivity index (χ1) is 6.34. The maximum Gasteiger partial charge on any atom is 0.165 e. The van der Waals surface area contributed by atoms with Gasteiger partial charge in [-0.1, -0.05) is 0 Å². The van der Waals surface area contributed by atoms with Crippen LogP contribution in [0.1, 0.15) is 19.3 Å². The number of nitrogens with two attached hydrogens (primary N) is 1. The normalized spacial score (nSPS) is 17.2. The van der Waals surface area contributed by atoms with Crippen molar-refractivity contribution >= 4 is 5.82 Å². The zero-order chi connectivity index (χ0) is 9.10. The first-order valence-corrected chi connectivity index (χ1v) is 4.62. The molecule has 1 fully saturated rings. The average Bonchev–Trinajstić information content (AvgIpc) is 2.42. The second-order valence-electron chi connectivity index (χ2n) is 3.29. The standard InChI is InChI=1S/C8H14N4O/c9-8-6-10-12(11-8)4-5-13-7-2-1-3-7/h6-7H,1-5H2,(H2,9,11). The van der Waals surface area contributed by atoms with Crippen LogP contribution in [-0.4, -0.2) is 27.7 Å². The Hall–Kier alpha value is -1.10. The van der Waals surface area contributed by atoms with E-state index in [1.165, 1.54) is 19.3 Å². The van der Waals surface area contributed by atoms with E-state index < -0.39 is 0 Å². The lowest BCUT2D eigenvalue weighted by molar-refractivity contribution is -0.00355. The molecular weight excluding hydrogens is 168 g/mol. The molecule has 0 bridgehead atoms. The maximum atomic E-state index is 5.55. The number of nitrogens with zero attached hydrogens (tertiary/aromatic N) is 3. The minimum absolute atomic E-state index is 0.462. The third-order valence-corrected chi connectivity index (χ3v) is 2.25. The molecule has 5 heteroatoms. The number of hydrogen-bond donors (Lipinski definition) is 1. The monoisotopic (exact) mass is 182 g/mol. The van der Waals surface area contributed by atoms with E-state index in [0.717, 1.165) is 0 Å². The average molecular weight is 182 g/mol.